The standard InChI is InChI=1S/C20H20O4/c1-2-19(21)23-14-8-9-15-24-20(22)18-13-7-6-12-17(18)16-10-4-3-5-11-16/h2-7,10-13H,1,8-9,14-15H2. The van der Waals surface area contributed by atoms with Crippen LogP contribution in [0.2, 0.25) is 0 Å². The summed E-state index contributed by atoms with van der Waals surface area (Å²) in [4.78, 5) is 23.2. The predicted molar refractivity (Wildman–Crippen MR) is 92.6 cm³/mol. The van der Waals surface area contributed by atoms with Crippen LogP contribution in [0.1, 0.15) is 23.2 Å². The molecule has 4 heteroatoms. The van der Waals surface area contributed by atoms with Crippen molar-refractivity contribution < 1.29 is 19.1 Å². The van der Waals surface area contributed by atoms with Gasteiger partial charge < -0.3 is 9.47 Å². The summed E-state index contributed by atoms with van der Waals surface area (Å²) in [5.41, 5.74) is 2.37. The third-order valence-electron chi connectivity index (χ3n) is 3.41. The largest absolute Gasteiger partial charge is 0.463 e. The Kier molecular flexibility index (Phi) is 6.77. The number of unbranched alkanes of at least 4 members (excludes halogenated alkanes) is 1. The average molecular weight is 324 g/mol. The molecular formula is C20H20O4. The molecule has 24 heavy (non-hydrogen) atoms. The maximum Gasteiger partial charge on any atom is 0.338 e. The van der Waals surface area contributed by atoms with Gasteiger partial charge in [-0.25, -0.2) is 9.59 Å². The summed E-state index contributed by atoms with van der Waals surface area (Å²) in [6.45, 7) is 3.90. The van der Waals surface area contributed by atoms with Crippen LogP contribution in [-0.4, -0.2) is 25.2 Å². The highest BCUT2D eigenvalue weighted by molar-refractivity contribution is 5.97. The molecule has 0 heterocycles. The van der Waals surface area contributed by atoms with Gasteiger partial charge in [0, 0.05) is 6.08 Å². The number of benzene rings is 2. The first-order valence-corrected chi connectivity index (χ1v) is 7.83. The second kappa shape index (κ2) is 9.30. The summed E-state index contributed by atoms with van der Waals surface area (Å²) in [6, 6.07) is 17.1. The lowest BCUT2D eigenvalue weighted by Gasteiger charge is -2.10. The van der Waals surface area contributed by atoms with Crippen molar-refractivity contribution >= 4 is 11.9 Å². The third-order valence-corrected chi connectivity index (χ3v) is 3.41. The lowest BCUT2D eigenvalue weighted by molar-refractivity contribution is -0.137. The first-order chi connectivity index (χ1) is 11.7. The molecule has 4 nitrogen and oxygen atoms in total. The smallest absolute Gasteiger partial charge is 0.338 e. The zero-order valence-corrected chi connectivity index (χ0v) is 13.4. The fourth-order valence-corrected chi connectivity index (χ4v) is 2.21. The van der Waals surface area contributed by atoms with E-state index in [9.17, 15) is 9.59 Å². The van der Waals surface area contributed by atoms with Gasteiger partial charge in [0.15, 0.2) is 0 Å². The zero-order chi connectivity index (χ0) is 17.2. The molecule has 0 saturated carbocycles. The Labute approximate surface area is 141 Å². The number of ether oxygens (including phenoxy) is 2. The van der Waals surface area contributed by atoms with Crippen LogP contribution < -0.4 is 0 Å². The molecule has 0 aliphatic rings. The number of hydrogen-bond acceptors (Lipinski definition) is 4. The van der Waals surface area contributed by atoms with E-state index in [0.717, 1.165) is 17.2 Å². The fourth-order valence-electron chi connectivity index (χ4n) is 2.21. The van der Waals surface area contributed by atoms with E-state index in [1.807, 2.05) is 48.5 Å². The molecular weight excluding hydrogens is 304 g/mol. The number of carbonyl (C=O) groups is 2. The SMILES string of the molecule is C=CC(=O)OCCCCOC(=O)c1ccccc1-c1ccccc1. The van der Waals surface area contributed by atoms with E-state index in [0.29, 0.717) is 25.0 Å². The van der Waals surface area contributed by atoms with Gasteiger partial charge in [-0.3, -0.25) is 0 Å². The van der Waals surface area contributed by atoms with Crippen LogP contribution in [0, 0.1) is 0 Å². The summed E-state index contributed by atoms with van der Waals surface area (Å²) >= 11 is 0. The molecule has 0 unspecified atom stereocenters. The molecule has 0 N–H and O–H groups in total. The van der Waals surface area contributed by atoms with E-state index >= 15 is 0 Å². The van der Waals surface area contributed by atoms with Crippen molar-refractivity contribution in [2.75, 3.05) is 13.2 Å². The fraction of sp³-hybridized carbons (Fsp3) is 0.200. The highest BCUT2D eigenvalue weighted by atomic mass is 16.5. The molecule has 0 spiro atoms. The van der Waals surface area contributed by atoms with Crippen LogP contribution in [0.25, 0.3) is 11.1 Å². The zero-order valence-electron chi connectivity index (χ0n) is 13.4. The minimum Gasteiger partial charge on any atom is -0.463 e. The summed E-state index contributed by atoms with van der Waals surface area (Å²) < 4.78 is 10.2. The second-order valence-electron chi connectivity index (χ2n) is 5.13. The molecule has 0 aliphatic heterocycles. The van der Waals surface area contributed by atoms with Crippen molar-refractivity contribution in [2.45, 2.75) is 12.8 Å². The van der Waals surface area contributed by atoms with Crippen molar-refractivity contribution in [2.24, 2.45) is 0 Å². The molecule has 0 atom stereocenters. The maximum atomic E-state index is 12.3. The van der Waals surface area contributed by atoms with E-state index in [-0.39, 0.29) is 12.6 Å². The van der Waals surface area contributed by atoms with Crippen molar-refractivity contribution in [3.05, 3.63) is 72.8 Å². The van der Waals surface area contributed by atoms with Gasteiger partial charge in [0.05, 0.1) is 18.8 Å². The topological polar surface area (TPSA) is 52.6 Å². The quantitative estimate of drug-likeness (QED) is 0.418. The van der Waals surface area contributed by atoms with Gasteiger partial charge in [0.1, 0.15) is 0 Å². The van der Waals surface area contributed by atoms with Gasteiger partial charge in [-0.2, -0.15) is 0 Å². The molecule has 0 saturated heterocycles. The lowest BCUT2D eigenvalue weighted by Crippen LogP contribution is -2.09. The van der Waals surface area contributed by atoms with Crippen LogP contribution in [0.15, 0.2) is 67.3 Å². The molecule has 0 aliphatic carbocycles. The second-order valence-corrected chi connectivity index (χ2v) is 5.13. The summed E-state index contributed by atoms with van der Waals surface area (Å²) in [6.07, 6.45) is 2.39. The Bertz CT molecular complexity index is 692. The summed E-state index contributed by atoms with van der Waals surface area (Å²) in [5.74, 6) is -0.790. The summed E-state index contributed by atoms with van der Waals surface area (Å²) in [7, 11) is 0. The number of carbonyl (C=O) groups excluding carboxylic acids is 2. The Morgan fingerprint density at radius 1 is 0.875 bits per heavy atom. The highest BCUT2D eigenvalue weighted by Crippen LogP contribution is 2.24. The third kappa shape index (κ3) is 5.09. The first kappa shape index (κ1) is 17.5. The van der Waals surface area contributed by atoms with E-state index in [2.05, 4.69) is 6.58 Å². The molecule has 2 aromatic rings. The molecule has 0 radical (unpaired) electrons. The Morgan fingerprint density at radius 3 is 2.21 bits per heavy atom. The predicted octanol–water partition coefficient (Wildman–Crippen LogP) is 4.02. The Balaban J connectivity index is 1.87. The minimum absolute atomic E-state index is 0.285. The van der Waals surface area contributed by atoms with Gasteiger partial charge in [-0.05, 0) is 30.0 Å². The van der Waals surface area contributed by atoms with Gasteiger partial charge in [-0.1, -0.05) is 55.1 Å². The molecule has 2 aromatic carbocycles. The molecule has 2 rings (SSSR count). The van der Waals surface area contributed by atoms with E-state index in [1.165, 1.54) is 0 Å². The van der Waals surface area contributed by atoms with E-state index < -0.39 is 5.97 Å². The Hall–Kier alpha value is -2.88. The molecule has 0 fully saturated rings. The average Bonchev–Trinajstić information content (AvgIpc) is 2.64. The van der Waals surface area contributed by atoms with E-state index in [1.54, 1.807) is 6.07 Å². The molecule has 0 bridgehead atoms. The van der Waals surface area contributed by atoms with Crippen LogP contribution in [0.5, 0.6) is 0 Å². The molecule has 0 aromatic heterocycles. The first-order valence-electron chi connectivity index (χ1n) is 7.83. The van der Waals surface area contributed by atoms with Crippen molar-refractivity contribution in [3.8, 4) is 11.1 Å². The monoisotopic (exact) mass is 324 g/mol. The molecule has 0 amide bonds. The van der Waals surface area contributed by atoms with Gasteiger partial charge in [0.25, 0.3) is 0 Å². The normalized spacial score (nSPS) is 10.0. The van der Waals surface area contributed by atoms with Crippen LogP contribution in [0.4, 0.5) is 0 Å². The van der Waals surface area contributed by atoms with Crippen molar-refractivity contribution in [1.29, 1.82) is 0 Å². The highest BCUT2D eigenvalue weighted by Gasteiger charge is 2.13. The number of rotatable bonds is 8. The number of hydrogen-bond donors (Lipinski definition) is 0. The van der Waals surface area contributed by atoms with E-state index in [4.69, 9.17) is 9.47 Å². The van der Waals surface area contributed by atoms with Gasteiger partial charge in [-0.15, -0.1) is 0 Å². The van der Waals surface area contributed by atoms with Crippen molar-refractivity contribution in [3.63, 3.8) is 0 Å². The van der Waals surface area contributed by atoms with Crippen LogP contribution >= 0.6 is 0 Å². The minimum atomic E-state index is -0.441. The molecule has 124 valence electrons. The number of esters is 2. The maximum absolute atomic E-state index is 12.3. The lowest BCUT2D eigenvalue weighted by atomic mass is 10.00. The van der Waals surface area contributed by atoms with Crippen LogP contribution in [-0.2, 0) is 14.3 Å². The summed E-state index contributed by atoms with van der Waals surface area (Å²) in [5, 5.41) is 0. The Morgan fingerprint density at radius 2 is 1.50 bits per heavy atom. The van der Waals surface area contributed by atoms with Gasteiger partial charge in [0.2, 0.25) is 0 Å². The van der Waals surface area contributed by atoms with Crippen molar-refractivity contribution in [1.82, 2.24) is 0 Å². The van der Waals surface area contributed by atoms with Crippen LogP contribution in [0.3, 0.4) is 0 Å². The van der Waals surface area contributed by atoms with Gasteiger partial charge >= 0.3 is 11.9 Å².